The molecule has 0 aliphatic carbocycles. The largest absolute Gasteiger partial charge is 0.469 e. The van der Waals surface area contributed by atoms with Crippen molar-refractivity contribution >= 4 is 23.5 Å². The number of rotatable bonds is 2. The lowest BCUT2D eigenvalue weighted by atomic mass is 10.1. The number of hydrogen-bond donors (Lipinski definition) is 0. The highest BCUT2D eigenvalue weighted by molar-refractivity contribution is 6.29. The van der Waals surface area contributed by atoms with Crippen LogP contribution in [0.2, 0.25) is 5.15 Å². The van der Waals surface area contributed by atoms with E-state index in [-0.39, 0.29) is 28.6 Å². The Hall–Kier alpha value is -1.69. The molecule has 18 heavy (non-hydrogen) atoms. The van der Waals surface area contributed by atoms with Crippen molar-refractivity contribution in [3.05, 3.63) is 23.0 Å². The predicted molar refractivity (Wildman–Crippen MR) is 63.1 cm³/mol. The molecule has 0 bridgehead atoms. The number of likely N-dealkylation sites (tertiary alicyclic amines) is 1. The molecule has 0 N–H and O–H groups in total. The van der Waals surface area contributed by atoms with Crippen LogP contribution in [0.1, 0.15) is 16.9 Å². The summed E-state index contributed by atoms with van der Waals surface area (Å²) in [6, 6.07) is 3.03. The van der Waals surface area contributed by atoms with Crippen molar-refractivity contribution in [2.75, 3.05) is 20.2 Å². The standard InChI is InChI=1S/C11H12ClN3O3/c1-18-11(17)7-4-5-15(6-7)10(16)8-2-3-9(12)14-13-8/h2-3,7H,4-6H2,1H3. The Balaban J connectivity index is 2.03. The first kappa shape index (κ1) is 12.8. The molecule has 1 aromatic rings. The van der Waals surface area contributed by atoms with E-state index in [0.29, 0.717) is 19.5 Å². The van der Waals surface area contributed by atoms with Gasteiger partial charge in [0.15, 0.2) is 10.8 Å². The average Bonchev–Trinajstić information content (AvgIpc) is 2.87. The molecule has 2 heterocycles. The molecular weight excluding hydrogens is 258 g/mol. The van der Waals surface area contributed by atoms with Crippen LogP contribution in [-0.4, -0.2) is 47.2 Å². The molecule has 0 spiro atoms. The molecule has 1 aliphatic rings. The highest BCUT2D eigenvalue weighted by atomic mass is 35.5. The minimum Gasteiger partial charge on any atom is -0.469 e. The fourth-order valence-corrected chi connectivity index (χ4v) is 2.00. The summed E-state index contributed by atoms with van der Waals surface area (Å²) in [6.07, 6.45) is 0.611. The van der Waals surface area contributed by atoms with E-state index in [1.54, 1.807) is 4.90 Å². The van der Waals surface area contributed by atoms with Crippen molar-refractivity contribution in [2.45, 2.75) is 6.42 Å². The molecule has 6 nitrogen and oxygen atoms in total. The topological polar surface area (TPSA) is 72.4 Å². The molecule has 1 aliphatic heterocycles. The van der Waals surface area contributed by atoms with Gasteiger partial charge in [0.2, 0.25) is 0 Å². The smallest absolute Gasteiger partial charge is 0.310 e. The maximum absolute atomic E-state index is 12.0. The Morgan fingerprint density at radius 1 is 1.44 bits per heavy atom. The molecule has 7 heteroatoms. The summed E-state index contributed by atoms with van der Waals surface area (Å²) < 4.78 is 4.66. The third kappa shape index (κ3) is 2.59. The van der Waals surface area contributed by atoms with Gasteiger partial charge in [-0.25, -0.2) is 0 Å². The molecule has 1 unspecified atom stereocenters. The maximum Gasteiger partial charge on any atom is 0.310 e. The Labute approximate surface area is 109 Å². The van der Waals surface area contributed by atoms with Crippen LogP contribution in [0.3, 0.4) is 0 Å². The van der Waals surface area contributed by atoms with Crippen molar-refractivity contribution in [1.82, 2.24) is 15.1 Å². The summed E-state index contributed by atoms with van der Waals surface area (Å²) in [4.78, 5) is 25.0. The number of nitrogens with zero attached hydrogens (tertiary/aromatic N) is 3. The highest BCUT2D eigenvalue weighted by Gasteiger charge is 2.32. The Bertz CT molecular complexity index is 463. The van der Waals surface area contributed by atoms with Crippen molar-refractivity contribution in [1.29, 1.82) is 0 Å². The van der Waals surface area contributed by atoms with Crippen molar-refractivity contribution < 1.29 is 14.3 Å². The zero-order chi connectivity index (χ0) is 13.1. The highest BCUT2D eigenvalue weighted by Crippen LogP contribution is 2.19. The third-order valence-corrected chi connectivity index (χ3v) is 3.06. The zero-order valence-electron chi connectivity index (χ0n) is 9.80. The second-order valence-electron chi connectivity index (χ2n) is 4.00. The molecular formula is C11H12ClN3O3. The Morgan fingerprint density at radius 3 is 2.83 bits per heavy atom. The zero-order valence-corrected chi connectivity index (χ0v) is 10.6. The number of hydrogen-bond acceptors (Lipinski definition) is 5. The molecule has 96 valence electrons. The molecule has 1 atom stereocenters. The molecule has 1 aromatic heterocycles. The lowest BCUT2D eigenvalue weighted by Crippen LogP contribution is -2.31. The summed E-state index contributed by atoms with van der Waals surface area (Å²) in [7, 11) is 1.34. The number of aromatic nitrogens is 2. The van der Waals surface area contributed by atoms with Crippen LogP contribution < -0.4 is 0 Å². The molecule has 0 radical (unpaired) electrons. The van der Waals surface area contributed by atoms with Gasteiger partial charge in [-0.15, -0.1) is 10.2 Å². The maximum atomic E-state index is 12.0. The number of amides is 1. The minimum absolute atomic E-state index is 0.227. The summed E-state index contributed by atoms with van der Waals surface area (Å²) in [5.41, 5.74) is 0.227. The number of ether oxygens (including phenoxy) is 1. The quantitative estimate of drug-likeness (QED) is 0.742. The number of methoxy groups -OCH3 is 1. The van der Waals surface area contributed by atoms with Gasteiger partial charge < -0.3 is 9.64 Å². The van der Waals surface area contributed by atoms with Crippen LogP contribution in [0.5, 0.6) is 0 Å². The van der Waals surface area contributed by atoms with Gasteiger partial charge in [0.1, 0.15) is 0 Å². The third-order valence-electron chi connectivity index (χ3n) is 2.86. The van der Waals surface area contributed by atoms with Gasteiger partial charge in [0, 0.05) is 13.1 Å². The normalized spacial score (nSPS) is 18.8. The summed E-state index contributed by atoms with van der Waals surface area (Å²) >= 11 is 5.60. The Kier molecular flexibility index (Phi) is 3.76. The molecule has 1 fully saturated rings. The van der Waals surface area contributed by atoms with Crippen LogP contribution in [0.4, 0.5) is 0 Å². The first-order valence-corrected chi connectivity index (χ1v) is 5.86. The SMILES string of the molecule is COC(=O)C1CCN(C(=O)c2ccc(Cl)nn2)C1. The number of carbonyl (C=O) groups is 2. The van der Waals surface area contributed by atoms with Gasteiger partial charge in [-0.05, 0) is 18.6 Å². The molecule has 1 amide bonds. The van der Waals surface area contributed by atoms with Crippen molar-refractivity contribution in [3.63, 3.8) is 0 Å². The Morgan fingerprint density at radius 2 is 2.22 bits per heavy atom. The van der Waals surface area contributed by atoms with E-state index in [9.17, 15) is 9.59 Å². The number of esters is 1. The van der Waals surface area contributed by atoms with Gasteiger partial charge in [-0.2, -0.15) is 0 Å². The lowest BCUT2D eigenvalue weighted by Gasteiger charge is -2.14. The lowest BCUT2D eigenvalue weighted by molar-refractivity contribution is -0.144. The summed E-state index contributed by atoms with van der Waals surface area (Å²) in [5, 5.41) is 7.58. The van der Waals surface area contributed by atoms with Gasteiger partial charge >= 0.3 is 5.97 Å². The van der Waals surface area contributed by atoms with E-state index in [2.05, 4.69) is 14.9 Å². The molecule has 0 saturated carbocycles. The summed E-state index contributed by atoms with van der Waals surface area (Å²) in [6.45, 7) is 0.874. The van der Waals surface area contributed by atoms with Crippen LogP contribution >= 0.6 is 11.6 Å². The predicted octanol–water partition coefficient (Wildman–Crippen LogP) is 0.765. The van der Waals surface area contributed by atoms with Crippen LogP contribution in [0.25, 0.3) is 0 Å². The fraction of sp³-hybridized carbons (Fsp3) is 0.455. The molecule has 0 aromatic carbocycles. The second kappa shape index (κ2) is 5.30. The van der Waals surface area contributed by atoms with Crippen molar-refractivity contribution in [3.8, 4) is 0 Å². The van der Waals surface area contributed by atoms with Gasteiger partial charge in [0.25, 0.3) is 5.91 Å². The first-order valence-electron chi connectivity index (χ1n) is 5.48. The van der Waals surface area contributed by atoms with Gasteiger partial charge in [-0.1, -0.05) is 11.6 Å². The molecule has 1 saturated heterocycles. The van der Waals surface area contributed by atoms with Crippen LogP contribution in [-0.2, 0) is 9.53 Å². The first-order chi connectivity index (χ1) is 8.61. The molecule has 2 rings (SSSR count). The van der Waals surface area contributed by atoms with Crippen LogP contribution in [0, 0.1) is 5.92 Å². The van der Waals surface area contributed by atoms with Gasteiger partial charge in [0.05, 0.1) is 13.0 Å². The van der Waals surface area contributed by atoms with E-state index < -0.39 is 0 Å². The van der Waals surface area contributed by atoms with E-state index in [4.69, 9.17) is 11.6 Å². The minimum atomic E-state index is -0.285. The fourth-order valence-electron chi connectivity index (χ4n) is 1.90. The number of halogens is 1. The van der Waals surface area contributed by atoms with E-state index in [1.165, 1.54) is 19.2 Å². The number of carbonyl (C=O) groups excluding carboxylic acids is 2. The summed E-state index contributed by atoms with van der Waals surface area (Å²) in [5.74, 6) is -0.780. The average molecular weight is 270 g/mol. The van der Waals surface area contributed by atoms with E-state index in [0.717, 1.165) is 0 Å². The van der Waals surface area contributed by atoms with E-state index >= 15 is 0 Å². The van der Waals surface area contributed by atoms with Crippen LogP contribution in [0.15, 0.2) is 12.1 Å². The van der Waals surface area contributed by atoms with E-state index in [1.807, 2.05) is 0 Å². The van der Waals surface area contributed by atoms with Gasteiger partial charge in [-0.3, -0.25) is 9.59 Å². The monoisotopic (exact) mass is 269 g/mol. The van der Waals surface area contributed by atoms with Crippen molar-refractivity contribution in [2.24, 2.45) is 5.92 Å². The second-order valence-corrected chi connectivity index (χ2v) is 4.39.